The van der Waals surface area contributed by atoms with Gasteiger partial charge in [-0.1, -0.05) is 115 Å². The van der Waals surface area contributed by atoms with Crippen molar-refractivity contribution >= 4 is 62.6 Å². The first kappa shape index (κ1) is 30.6. The van der Waals surface area contributed by atoms with Gasteiger partial charge < -0.3 is 15.2 Å². The molecule has 11 heteroatoms. The molecule has 0 saturated carbocycles. The molecular formula is C34H30N6O2S3. The quantitative estimate of drug-likeness (QED) is 0.141. The third-order valence-corrected chi connectivity index (χ3v) is 10.2. The van der Waals surface area contributed by atoms with Crippen molar-refractivity contribution in [1.29, 1.82) is 0 Å². The van der Waals surface area contributed by atoms with Crippen LogP contribution in [0.4, 0.5) is 5.69 Å². The van der Waals surface area contributed by atoms with Gasteiger partial charge in [0.05, 0.1) is 27.8 Å². The molecule has 6 rings (SSSR count). The summed E-state index contributed by atoms with van der Waals surface area (Å²) in [7, 11) is 1.92. The average molecular weight is 651 g/mol. The Balaban J connectivity index is 1.02. The lowest BCUT2D eigenvalue weighted by molar-refractivity contribution is -0.119. The van der Waals surface area contributed by atoms with Gasteiger partial charge in [0.15, 0.2) is 9.50 Å². The summed E-state index contributed by atoms with van der Waals surface area (Å²) in [6.45, 7) is 0. The van der Waals surface area contributed by atoms with E-state index in [-0.39, 0.29) is 29.4 Å². The molecule has 0 spiro atoms. The van der Waals surface area contributed by atoms with Crippen molar-refractivity contribution in [2.75, 3.05) is 16.8 Å². The number of rotatable bonds is 12. The summed E-state index contributed by atoms with van der Waals surface area (Å²) in [5.74, 6) is 1.09. The van der Waals surface area contributed by atoms with Crippen LogP contribution in [-0.2, 0) is 23.1 Å². The van der Waals surface area contributed by atoms with Crippen LogP contribution in [0.25, 0.3) is 10.2 Å². The minimum absolute atomic E-state index is 0.0717. The Bertz CT molecular complexity index is 1860. The Labute approximate surface area is 273 Å². The summed E-state index contributed by atoms with van der Waals surface area (Å²) in [5, 5.41) is 15.4. The highest BCUT2D eigenvalue weighted by molar-refractivity contribution is 8.01. The molecule has 0 aliphatic carbocycles. The summed E-state index contributed by atoms with van der Waals surface area (Å²) in [5.41, 5.74) is 4.73. The van der Waals surface area contributed by atoms with Crippen LogP contribution in [0.2, 0.25) is 0 Å². The zero-order valence-corrected chi connectivity index (χ0v) is 26.9. The fourth-order valence-corrected chi connectivity index (χ4v) is 7.40. The molecule has 2 heterocycles. The second-order valence-electron chi connectivity index (χ2n) is 10.2. The second kappa shape index (κ2) is 14.6. The standard InChI is InChI=1S/C34H30N6O2S3/c1-40-29(19-23-11-5-2-6-12-23)38-39-33(40)43-21-30(41)35-26-17-18-27-28(20-26)45-34(36-27)44-22-31(42)37-32(24-13-7-3-8-14-24)25-15-9-4-10-16-25/h2-18,20,32H,19,21-22H2,1H3,(H,35,41)(H,37,42). The first-order valence-electron chi connectivity index (χ1n) is 14.3. The van der Waals surface area contributed by atoms with Crippen molar-refractivity contribution in [3.05, 3.63) is 132 Å². The molecule has 0 aliphatic rings. The van der Waals surface area contributed by atoms with E-state index in [0.717, 1.165) is 37.1 Å². The van der Waals surface area contributed by atoms with Crippen LogP contribution in [0.1, 0.15) is 28.6 Å². The van der Waals surface area contributed by atoms with Gasteiger partial charge in [-0.25, -0.2) is 4.98 Å². The maximum absolute atomic E-state index is 13.0. The Morgan fingerprint density at radius 1 is 0.800 bits per heavy atom. The van der Waals surface area contributed by atoms with E-state index >= 15 is 0 Å². The maximum Gasteiger partial charge on any atom is 0.234 e. The number of fused-ring (bicyclic) bond motifs is 1. The number of hydrogen-bond donors (Lipinski definition) is 2. The minimum atomic E-state index is -0.231. The van der Waals surface area contributed by atoms with Crippen molar-refractivity contribution in [3.63, 3.8) is 0 Å². The van der Waals surface area contributed by atoms with Gasteiger partial charge in [0, 0.05) is 19.2 Å². The topological polar surface area (TPSA) is 102 Å². The Morgan fingerprint density at radius 3 is 2.13 bits per heavy atom. The van der Waals surface area contributed by atoms with Crippen LogP contribution in [0.5, 0.6) is 0 Å². The number of nitrogens with zero attached hydrogens (tertiary/aromatic N) is 4. The predicted octanol–water partition coefficient (Wildman–Crippen LogP) is 6.74. The van der Waals surface area contributed by atoms with Gasteiger partial charge in [0.2, 0.25) is 11.8 Å². The number of hydrogen-bond acceptors (Lipinski definition) is 8. The van der Waals surface area contributed by atoms with E-state index in [9.17, 15) is 9.59 Å². The summed E-state index contributed by atoms with van der Waals surface area (Å²) in [6, 6.07) is 35.4. The third kappa shape index (κ3) is 7.99. The highest BCUT2D eigenvalue weighted by Crippen LogP contribution is 2.32. The number of amides is 2. The summed E-state index contributed by atoms with van der Waals surface area (Å²) in [4.78, 5) is 30.5. The van der Waals surface area contributed by atoms with Crippen LogP contribution in [0, 0.1) is 0 Å². The van der Waals surface area contributed by atoms with Gasteiger partial charge in [-0.15, -0.1) is 21.5 Å². The van der Waals surface area contributed by atoms with Crippen LogP contribution < -0.4 is 10.6 Å². The van der Waals surface area contributed by atoms with E-state index < -0.39 is 0 Å². The molecule has 6 aromatic rings. The molecule has 0 saturated heterocycles. The normalized spacial score (nSPS) is 11.2. The number of carbonyl (C=O) groups is 2. The molecule has 4 aromatic carbocycles. The SMILES string of the molecule is Cn1c(Cc2ccccc2)nnc1SCC(=O)Nc1ccc2nc(SCC(=O)NC(c3ccccc3)c3ccccc3)sc2c1. The molecule has 0 fully saturated rings. The number of benzene rings is 4. The lowest BCUT2D eigenvalue weighted by Crippen LogP contribution is -2.30. The maximum atomic E-state index is 13.0. The Kier molecular flexibility index (Phi) is 9.89. The number of aromatic nitrogens is 4. The van der Waals surface area contributed by atoms with Crippen molar-refractivity contribution < 1.29 is 9.59 Å². The molecule has 226 valence electrons. The fourth-order valence-electron chi connectivity index (χ4n) is 4.75. The lowest BCUT2D eigenvalue weighted by atomic mass is 9.99. The third-order valence-electron chi connectivity index (χ3n) is 7.01. The zero-order valence-electron chi connectivity index (χ0n) is 24.4. The van der Waals surface area contributed by atoms with Gasteiger partial charge in [0.1, 0.15) is 5.82 Å². The van der Waals surface area contributed by atoms with E-state index in [1.54, 1.807) is 0 Å². The van der Waals surface area contributed by atoms with Gasteiger partial charge in [-0.05, 0) is 34.9 Å². The Morgan fingerprint density at radius 2 is 1.44 bits per heavy atom. The van der Waals surface area contributed by atoms with Gasteiger partial charge in [-0.2, -0.15) is 0 Å². The van der Waals surface area contributed by atoms with Gasteiger partial charge >= 0.3 is 0 Å². The molecule has 2 aromatic heterocycles. The van der Waals surface area contributed by atoms with Crippen LogP contribution in [0.3, 0.4) is 0 Å². The highest BCUT2D eigenvalue weighted by Gasteiger charge is 2.18. The Hall–Kier alpha value is -4.45. The number of thiazole rings is 1. The molecule has 0 atom stereocenters. The fraction of sp³-hybridized carbons (Fsp3) is 0.147. The van der Waals surface area contributed by atoms with Gasteiger partial charge in [-0.3, -0.25) is 9.59 Å². The summed E-state index contributed by atoms with van der Waals surface area (Å²) < 4.78 is 3.66. The molecule has 45 heavy (non-hydrogen) atoms. The molecule has 0 aliphatic heterocycles. The summed E-state index contributed by atoms with van der Waals surface area (Å²) >= 11 is 4.26. The van der Waals surface area contributed by atoms with Crippen molar-refractivity contribution in [2.24, 2.45) is 7.05 Å². The van der Waals surface area contributed by atoms with Crippen molar-refractivity contribution in [2.45, 2.75) is 22.0 Å². The summed E-state index contributed by atoms with van der Waals surface area (Å²) in [6.07, 6.45) is 0.679. The van der Waals surface area contributed by atoms with Gasteiger partial charge in [0.25, 0.3) is 0 Å². The molecule has 0 bridgehead atoms. The second-order valence-corrected chi connectivity index (χ2v) is 13.4. The first-order valence-corrected chi connectivity index (χ1v) is 17.1. The molecule has 0 unspecified atom stereocenters. The number of thioether (sulfide) groups is 2. The van der Waals surface area contributed by atoms with E-state index in [1.165, 1.54) is 34.9 Å². The van der Waals surface area contributed by atoms with Crippen LogP contribution in [0.15, 0.2) is 119 Å². The molecule has 8 nitrogen and oxygen atoms in total. The lowest BCUT2D eigenvalue weighted by Gasteiger charge is -2.19. The molecule has 2 amide bonds. The van der Waals surface area contributed by atoms with E-state index in [1.807, 2.05) is 109 Å². The van der Waals surface area contributed by atoms with Crippen molar-refractivity contribution in [1.82, 2.24) is 25.1 Å². The molecule has 0 radical (unpaired) electrons. The van der Waals surface area contributed by atoms with E-state index in [4.69, 9.17) is 0 Å². The zero-order chi connectivity index (χ0) is 31.0. The van der Waals surface area contributed by atoms with Crippen LogP contribution in [-0.4, -0.2) is 43.1 Å². The molecular weight excluding hydrogens is 621 g/mol. The van der Waals surface area contributed by atoms with E-state index in [0.29, 0.717) is 17.3 Å². The largest absolute Gasteiger partial charge is 0.344 e. The van der Waals surface area contributed by atoms with Crippen molar-refractivity contribution in [3.8, 4) is 0 Å². The van der Waals surface area contributed by atoms with E-state index in [2.05, 4.69) is 37.9 Å². The highest BCUT2D eigenvalue weighted by atomic mass is 32.2. The predicted molar refractivity (Wildman–Crippen MR) is 183 cm³/mol. The average Bonchev–Trinajstić information content (AvgIpc) is 3.64. The molecule has 2 N–H and O–H groups in total. The smallest absolute Gasteiger partial charge is 0.234 e. The number of nitrogens with one attached hydrogen (secondary N) is 2. The minimum Gasteiger partial charge on any atom is -0.344 e. The van der Waals surface area contributed by atoms with Crippen LogP contribution >= 0.6 is 34.9 Å². The number of anilines is 1. The number of carbonyl (C=O) groups excluding carboxylic acids is 2. The first-order chi connectivity index (χ1) is 22.0. The monoisotopic (exact) mass is 650 g/mol.